The summed E-state index contributed by atoms with van der Waals surface area (Å²) in [5.41, 5.74) is -0.677. The molecule has 2 aliphatic rings. The Balaban J connectivity index is 2.25. The topological polar surface area (TPSA) is 52.6 Å². The van der Waals surface area contributed by atoms with Crippen molar-refractivity contribution in [2.75, 3.05) is 13.7 Å². The molecule has 0 bridgehead atoms. The second-order valence-electron chi connectivity index (χ2n) is 4.77. The zero-order valence-corrected chi connectivity index (χ0v) is 10.7. The Labute approximate surface area is 107 Å². The quantitative estimate of drug-likeness (QED) is 0.717. The van der Waals surface area contributed by atoms with E-state index in [1.165, 1.54) is 7.11 Å². The van der Waals surface area contributed by atoms with Crippen LogP contribution in [-0.2, 0) is 19.1 Å². The van der Waals surface area contributed by atoms with Gasteiger partial charge in [0.15, 0.2) is 0 Å². The van der Waals surface area contributed by atoms with Gasteiger partial charge in [0, 0.05) is 0 Å². The van der Waals surface area contributed by atoms with E-state index in [9.17, 15) is 9.59 Å². The summed E-state index contributed by atoms with van der Waals surface area (Å²) in [6, 6.07) is 0. The molecule has 1 saturated carbocycles. The van der Waals surface area contributed by atoms with Crippen molar-refractivity contribution in [1.29, 1.82) is 0 Å². The lowest BCUT2D eigenvalue weighted by Gasteiger charge is -2.30. The Kier molecular flexibility index (Phi) is 3.55. The zero-order chi connectivity index (χ0) is 13.2. The molecule has 98 valence electrons. The lowest BCUT2D eigenvalue weighted by molar-refractivity contribution is -0.154. The van der Waals surface area contributed by atoms with Crippen molar-refractivity contribution in [3.8, 4) is 0 Å². The van der Waals surface area contributed by atoms with Crippen LogP contribution in [0.25, 0.3) is 0 Å². The summed E-state index contributed by atoms with van der Waals surface area (Å²) < 4.78 is 9.96. The molecule has 0 radical (unpaired) electrons. The molecule has 0 aromatic rings. The van der Waals surface area contributed by atoms with Gasteiger partial charge in [0.2, 0.25) is 0 Å². The fraction of sp³-hybridized carbons (Fsp3) is 0.571. The van der Waals surface area contributed by atoms with E-state index in [4.69, 9.17) is 9.47 Å². The third-order valence-corrected chi connectivity index (χ3v) is 3.82. The van der Waals surface area contributed by atoms with Crippen molar-refractivity contribution in [3.63, 3.8) is 0 Å². The first-order chi connectivity index (χ1) is 8.64. The van der Waals surface area contributed by atoms with E-state index < -0.39 is 5.41 Å². The van der Waals surface area contributed by atoms with E-state index >= 15 is 0 Å². The van der Waals surface area contributed by atoms with Crippen molar-refractivity contribution < 1.29 is 19.1 Å². The molecule has 0 heterocycles. The molecule has 0 aromatic carbocycles. The molecule has 0 saturated heterocycles. The molecular formula is C14H18O4. The summed E-state index contributed by atoms with van der Waals surface area (Å²) in [7, 11) is 1.38. The van der Waals surface area contributed by atoms with Crippen LogP contribution in [0.1, 0.15) is 19.8 Å². The Morgan fingerprint density at radius 1 is 1.39 bits per heavy atom. The molecule has 18 heavy (non-hydrogen) atoms. The van der Waals surface area contributed by atoms with Crippen LogP contribution in [-0.4, -0.2) is 25.7 Å². The number of hydrogen-bond acceptors (Lipinski definition) is 4. The van der Waals surface area contributed by atoms with E-state index in [1.54, 1.807) is 6.92 Å². The predicted octanol–water partition coefficient (Wildman–Crippen LogP) is 1.86. The average molecular weight is 250 g/mol. The molecule has 3 unspecified atom stereocenters. The van der Waals surface area contributed by atoms with Gasteiger partial charge in [-0.1, -0.05) is 24.3 Å². The fourth-order valence-electron chi connectivity index (χ4n) is 2.94. The molecule has 4 heteroatoms. The molecule has 0 N–H and O–H groups in total. The number of allylic oxidation sites excluding steroid dienone is 3. The Hall–Kier alpha value is -1.58. The second-order valence-corrected chi connectivity index (χ2v) is 4.77. The minimum atomic E-state index is -0.677. The number of hydrogen-bond donors (Lipinski definition) is 0. The number of fused-ring (bicyclic) bond motifs is 1. The minimum Gasteiger partial charge on any atom is -0.469 e. The molecule has 0 spiro atoms. The molecular weight excluding hydrogens is 232 g/mol. The highest BCUT2D eigenvalue weighted by molar-refractivity contribution is 5.83. The number of esters is 2. The molecule has 1 fully saturated rings. The van der Waals surface area contributed by atoms with Gasteiger partial charge in [0.05, 0.1) is 25.0 Å². The van der Waals surface area contributed by atoms with E-state index in [0.29, 0.717) is 19.4 Å². The van der Waals surface area contributed by atoms with Crippen LogP contribution in [0, 0.1) is 17.3 Å². The van der Waals surface area contributed by atoms with E-state index in [-0.39, 0.29) is 23.8 Å². The van der Waals surface area contributed by atoms with Gasteiger partial charge >= 0.3 is 11.9 Å². The SMILES string of the molecule is CCOC(=O)C12C=CC=CC1CC(C(=O)OC)C2. The zero-order valence-electron chi connectivity index (χ0n) is 10.7. The van der Waals surface area contributed by atoms with Crippen LogP contribution in [0.15, 0.2) is 24.3 Å². The van der Waals surface area contributed by atoms with Crippen molar-refractivity contribution in [1.82, 2.24) is 0 Å². The summed E-state index contributed by atoms with van der Waals surface area (Å²) in [6.45, 7) is 2.15. The highest BCUT2D eigenvalue weighted by Gasteiger charge is 2.53. The first kappa shape index (κ1) is 12.9. The van der Waals surface area contributed by atoms with Crippen LogP contribution in [0.2, 0.25) is 0 Å². The second kappa shape index (κ2) is 4.96. The third-order valence-electron chi connectivity index (χ3n) is 3.82. The average Bonchev–Trinajstić information content (AvgIpc) is 2.78. The Bertz CT molecular complexity index is 410. The van der Waals surface area contributed by atoms with Gasteiger partial charge in [0.1, 0.15) is 0 Å². The standard InChI is InChI=1S/C14H18O4/c1-3-18-13(16)14-7-5-4-6-11(14)8-10(9-14)12(15)17-2/h4-7,10-11H,3,8-9H2,1-2H3. The highest BCUT2D eigenvalue weighted by atomic mass is 16.5. The van der Waals surface area contributed by atoms with Crippen LogP contribution in [0.4, 0.5) is 0 Å². The maximum Gasteiger partial charge on any atom is 0.316 e. The molecule has 2 rings (SSSR count). The molecule has 2 aliphatic carbocycles. The number of methoxy groups -OCH3 is 1. The smallest absolute Gasteiger partial charge is 0.316 e. The van der Waals surface area contributed by atoms with Gasteiger partial charge in [-0.05, 0) is 25.7 Å². The molecule has 0 aromatic heterocycles. The lowest BCUT2D eigenvalue weighted by atomic mass is 9.75. The van der Waals surface area contributed by atoms with Gasteiger partial charge in [-0.3, -0.25) is 9.59 Å². The van der Waals surface area contributed by atoms with E-state index in [2.05, 4.69) is 0 Å². The Morgan fingerprint density at radius 2 is 2.17 bits per heavy atom. The number of ether oxygens (including phenoxy) is 2. The van der Waals surface area contributed by atoms with Crippen LogP contribution in [0.3, 0.4) is 0 Å². The van der Waals surface area contributed by atoms with Gasteiger partial charge in [-0.2, -0.15) is 0 Å². The van der Waals surface area contributed by atoms with Crippen LogP contribution in [0.5, 0.6) is 0 Å². The number of carbonyl (C=O) groups is 2. The van der Waals surface area contributed by atoms with Crippen molar-refractivity contribution in [3.05, 3.63) is 24.3 Å². The first-order valence-electron chi connectivity index (χ1n) is 6.25. The fourth-order valence-corrected chi connectivity index (χ4v) is 2.94. The van der Waals surface area contributed by atoms with E-state index in [1.807, 2.05) is 24.3 Å². The molecule has 0 aliphatic heterocycles. The van der Waals surface area contributed by atoms with Gasteiger partial charge in [0.25, 0.3) is 0 Å². The van der Waals surface area contributed by atoms with Gasteiger partial charge < -0.3 is 9.47 Å². The minimum absolute atomic E-state index is 0.0330. The van der Waals surface area contributed by atoms with Crippen LogP contribution >= 0.6 is 0 Å². The monoisotopic (exact) mass is 250 g/mol. The number of rotatable bonds is 3. The summed E-state index contributed by atoms with van der Waals surface area (Å²) in [6.07, 6.45) is 8.75. The van der Waals surface area contributed by atoms with Crippen molar-refractivity contribution >= 4 is 11.9 Å². The largest absolute Gasteiger partial charge is 0.469 e. The number of carbonyl (C=O) groups excluding carboxylic acids is 2. The molecule has 4 nitrogen and oxygen atoms in total. The summed E-state index contributed by atoms with van der Waals surface area (Å²) in [5, 5.41) is 0. The first-order valence-corrected chi connectivity index (χ1v) is 6.25. The molecule has 0 amide bonds. The Morgan fingerprint density at radius 3 is 2.83 bits per heavy atom. The third kappa shape index (κ3) is 1.96. The summed E-state index contributed by atoms with van der Waals surface area (Å²) in [5.74, 6) is -0.667. The maximum absolute atomic E-state index is 12.2. The van der Waals surface area contributed by atoms with Crippen molar-refractivity contribution in [2.24, 2.45) is 17.3 Å². The lowest BCUT2D eigenvalue weighted by Crippen LogP contribution is -2.35. The summed E-state index contributed by atoms with van der Waals surface area (Å²) >= 11 is 0. The normalized spacial score (nSPS) is 33.0. The molecule has 3 atom stereocenters. The summed E-state index contributed by atoms with van der Waals surface area (Å²) in [4.78, 5) is 23.9. The van der Waals surface area contributed by atoms with Crippen LogP contribution < -0.4 is 0 Å². The van der Waals surface area contributed by atoms with Gasteiger partial charge in [-0.15, -0.1) is 0 Å². The van der Waals surface area contributed by atoms with Gasteiger partial charge in [-0.25, -0.2) is 0 Å². The van der Waals surface area contributed by atoms with Crippen molar-refractivity contribution in [2.45, 2.75) is 19.8 Å². The maximum atomic E-state index is 12.2. The highest BCUT2D eigenvalue weighted by Crippen LogP contribution is 2.51. The van der Waals surface area contributed by atoms with E-state index in [0.717, 1.165) is 0 Å². The predicted molar refractivity (Wildman–Crippen MR) is 65.6 cm³/mol.